The standard InChI is InChI=1S/C19H22O/c1-19(2)13-6-5-12-17(19)18(20)16-11-7-9-14-8-3-4-10-15(14)16/h3-4,7-11,17H,5-6,12-13H2,1-2H3. The largest absolute Gasteiger partial charge is 0.294 e. The van der Waals surface area contributed by atoms with Crippen molar-refractivity contribution in [3.63, 3.8) is 0 Å². The lowest BCUT2D eigenvalue weighted by Gasteiger charge is -2.37. The van der Waals surface area contributed by atoms with Crippen LogP contribution in [0.5, 0.6) is 0 Å². The Morgan fingerprint density at radius 2 is 1.80 bits per heavy atom. The van der Waals surface area contributed by atoms with Crippen LogP contribution in [0.25, 0.3) is 10.8 Å². The monoisotopic (exact) mass is 266 g/mol. The van der Waals surface area contributed by atoms with Crippen molar-refractivity contribution in [3.05, 3.63) is 48.0 Å². The van der Waals surface area contributed by atoms with E-state index < -0.39 is 0 Å². The van der Waals surface area contributed by atoms with Gasteiger partial charge in [-0.1, -0.05) is 69.2 Å². The topological polar surface area (TPSA) is 17.1 Å². The van der Waals surface area contributed by atoms with Gasteiger partial charge in [-0.25, -0.2) is 0 Å². The molecule has 104 valence electrons. The number of ketones is 1. The van der Waals surface area contributed by atoms with Crippen molar-refractivity contribution in [2.45, 2.75) is 39.5 Å². The van der Waals surface area contributed by atoms with Gasteiger partial charge in [0.15, 0.2) is 5.78 Å². The van der Waals surface area contributed by atoms with Gasteiger partial charge >= 0.3 is 0 Å². The second kappa shape index (κ2) is 5.05. The summed E-state index contributed by atoms with van der Waals surface area (Å²) in [6.07, 6.45) is 4.64. The van der Waals surface area contributed by atoms with Crippen molar-refractivity contribution in [3.8, 4) is 0 Å². The molecule has 0 saturated heterocycles. The van der Waals surface area contributed by atoms with E-state index in [4.69, 9.17) is 0 Å². The van der Waals surface area contributed by atoms with E-state index in [1.165, 1.54) is 12.8 Å². The number of hydrogen-bond acceptors (Lipinski definition) is 1. The fraction of sp³-hybridized carbons (Fsp3) is 0.421. The molecule has 0 amide bonds. The van der Waals surface area contributed by atoms with E-state index in [-0.39, 0.29) is 11.3 Å². The first-order valence-electron chi connectivity index (χ1n) is 7.61. The van der Waals surface area contributed by atoms with E-state index in [1.54, 1.807) is 0 Å². The highest BCUT2D eigenvalue weighted by molar-refractivity contribution is 6.09. The maximum atomic E-state index is 13.0. The van der Waals surface area contributed by atoms with Crippen LogP contribution < -0.4 is 0 Å². The van der Waals surface area contributed by atoms with E-state index in [1.807, 2.05) is 24.3 Å². The smallest absolute Gasteiger partial charge is 0.167 e. The highest BCUT2D eigenvalue weighted by Crippen LogP contribution is 2.42. The summed E-state index contributed by atoms with van der Waals surface area (Å²) in [5.74, 6) is 0.508. The molecule has 0 bridgehead atoms. The molecule has 3 rings (SSSR count). The Hall–Kier alpha value is -1.63. The number of fused-ring (bicyclic) bond motifs is 1. The number of carbonyl (C=O) groups excluding carboxylic acids is 1. The van der Waals surface area contributed by atoms with Gasteiger partial charge in [-0.2, -0.15) is 0 Å². The molecule has 1 aliphatic rings. The highest BCUT2D eigenvalue weighted by Gasteiger charge is 2.37. The zero-order valence-corrected chi connectivity index (χ0v) is 12.4. The lowest BCUT2D eigenvalue weighted by molar-refractivity contribution is 0.0699. The molecule has 1 atom stereocenters. The summed E-state index contributed by atoms with van der Waals surface area (Å²) in [5.41, 5.74) is 1.04. The van der Waals surface area contributed by atoms with Gasteiger partial charge in [0.05, 0.1) is 0 Å². The van der Waals surface area contributed by atoms with Crippen LogP contribution in [-0.4, -0.2) is 5.78 Å². The van der Waals surface area contributed by atoms with Crippen molar-refractivity contribution >= 4 is 16.6 Å². The van der Waals surface area contributed by atoms with Crippen LogP contribution in [0.4, 0.5) is 0 Å². The second-order valence-electron chi connectivity index (χ2n) is 6.68. The van der Waals surface area contributed by atoms with Gasteiger partial charge < -0.3 is 0 Å². The van der Waals surface area contributed by atoms with Crippen LogP contribution in [0.2, 0.25) is 0 Å². The quantitative estimate of drug-likeness (QED) is 0.679. The third kappa shape index (κ3) is 2.26. The average molecular weight is 266 g/mol. The summed E-state index contributed by atoms with van der Waals surface area (Å²) >= 11 is 0. The minimum atomic E-state index is 0.131. The number of rotatable bonds is 2. The SMILES string of the molecule is CC1(C)CCCCC1C(=O)c1cccc2ccccc12. The Morgan fingerprint density at radius 3 is 2.60 bits per heavy atom. The highest BCUT2D eigenvalue weighted by atomic mass is 16.1. The molecule has 2 aromatic carbocycles. The van der Waals surface area contributed by atoms with Gasteiger partial charge in [-0.3, -0.25) is 4.79 Å². The third-order valence-corrected chi connectivity index (χ3v) is 4.88. The zero-order chi connectivity index (χ0) is 14.2. The molecule has 1 saturated carbocycles. The molecule has 0 spiro atoms. The van der Waals surface area contributed by atoms with Crippen LogP contribution in [0.1, 0.15) is 49.9 Å². The number of Topliss-reactive ketones (excluding diaryl/α,β-unsaturated/α-hetero) is 1. The summed E-state index contributed by atoms with van der Waals surface area (Å²) in [6, 6.07) is 14.3. The lowest BCUT2D eigenvalue weighted by atomic mass is 9.66. The van der Waals surface area contributed by atoms with Crippen molar-refractivity contribution in [1.82, 2.24) is 0 Å². The van der Waals surface area contributed by atoms with Crippen LogP contribution in [0.3, 0.4) is 0 Å². The number of carbonyl (C=O) groups is 1. The first-order chi connectivity index (χ1) is 9.59. The minimum Gasteiger partial charge on any atom is -0.294 e. The van der Waals surface area contributed by atoms with E-state index in [0.29, 0.717) is 5.78 Å². The maximum absolute atomic E-state index is 13.0. The third-order valence-electron chi connectivity index (χ3n) is 4.88. The average Bonchev–Trinajstić information content (AvgIpc) is 2.45. The molecular formula is C19H22O. The van der Waals surface area contributed by atoms with Crippen molar-refractivity contribution in [2.75, 3.05) is 0 Å². The molecule has 1 heteroatoms. The summed E-state index contributed by atoms with van der Waals surface area (Å²) in [7, 11) is 0. The van der Waals surface area contributed by atoms with Crippen LogP contribution in [0, 0.1) is 11.3 Å². The Kier molecular flexibility index (Phi) is 3.37. The molecule has 1 unspecified atom stereocenters. The Morgan fingerprint density at radius 1 is 1.05 bits per heavy atom. The van der Waals surface area contributed by atoms with Gasteiger partial charge in [0.1, 0.15) is 0 Å². The molecule has 20 heavy (non-hydrogen) atoms. The van der Waals surface area contributed by atoms with Gasteiger partial charge in [0, 0.05) is 11.5 Å². The van der Waals surface area contributed by atoms with E-state index in [9.17, 15) is 4.79 Å². The van der Waals surface area contributed by atoms with E-state index in [2.05, 4.69) is 32.0 Å². The summed E-state index contributed by atoms with van der Waals surface area (Å²) in [6.45, 7) is 4.50. The van der Waals surface area contributed by atoms with Gasteiger partial charge in [-0.15, -0.1) is 0 Å². The molecule has 0 aromatic heterocycles. The molecule has 0 heterocycles. The number of hydrogen-bond donors (Lipinski definition) is 0. The Balaban J connectivity index is 2.04. The van der Waals surface area contributed by atoms with Crippen LogP contribution in [0.15, 0.2) is 42.5 Å². The molecule has 1 aliphatic carbocycles. The molecule has 2 aromatic rings. The molecule has 0 radical (unpaired) electrons. The van der Waals surface area contributed by atoms with Gasteiger partial charge in [-0.05, 0) is 29.0 Å². The molecule has 1 fully saturated rings. The minimum absolute atomic E-state index is 0.131. The summed E-state index contributed by atoms with van der Waals surface area (Å²) < 4.78 is 0. The van der Waals surface area contributed by atoms with Crippen molar-refractivity contribution in [2.24, 2.45) is 11.3 Å². The predicted molar refractivity (Wildman–Crippen MR) is 84.0 cm³/mol. The molecule has 1 nitrogen and oxygen atoms in total. The van der Waals surface area contributed by atoms with Gasteiger partial charge in [0.2, 0.25) is 0 Å². The van der Waals surface area contributed by atoms with Crippen LogP contribution in [-0.2, 0) is 0 Å². The fourth-order valence-corrected chi connectivity index (χ4v) is 3.61. The summed E-state index contributed by atoms with van der Waals surface area (Å²) in [4.78, 5) is 13.0. The predicted octanol–water partition coefficient (Wildman–Crippen LogP) is 5.24. The van der Waals surface area contributed by atoms with Crippen molar-refractivity contribution < 1.29 is 4.79 Å². The molecule has 0 aliphatic heterocycles. The molecule has 0 N–H and O–H groups in total. The van der Waals surface area contributed by atoms with Crippen molar-refractivity contribution in [1.29, 1.82) is 0 Å². The van der Waals surface area contributed by atoms with Gasteiger partial charge in [0.25, 0.3) is 0 Å². The lowest BCUT2D eigenvalue weighted by Crippen LogP contribution is -2.34. The Labute approximate surface area is 121 Å². The first-order valence-corrected chi connectivity index (χ1v) is 7.61. The first kappa shape index (κ1) is 13.4. The maximum Gasteiger partial charge on any atom is 0.167 e. The second-order valence-corrected chi connectivity index (χ2v) is 6.68. The summed E-state index contributed by atoms with van der Waals surface area (Å²) in [5, 5.41) is 2.26. The Bertz CT molecular complexity index is 634. The van der Waals surface area contributed by atoms with E-state index >= 15 is 0 Å². The van der Waals surface area contributed by atoms with Crippen LogP contribution >= 0.6 is 0 Å². The fourth-order valence-electron chi connectivity index (χ4n) is 3.61. The zero-order valence-electron chi connectivity index (χ0n) is 12.4. The normalized spacial score (nSPS) is 21.8. The number of benzene rings is 2. The van der Waals surface area contributed by atoms with E-state index in [0.717, 1.165) is 29.2 Å². The molecular weight excluding hydrogens is 244 g/mol.